The third kappa shape index (κ3) is 14.1. The molecule has 2 atom stereocenters. The minimum atomic E-state index is -4.49. The van der Waals surface area contributed by atoms with E-state index < -0.39 is 88.1 Å². The van der Waals surface area contributed by atoms with Gasteiger partial charge in [-0.2, -0.15) is 29.7 Å². The summed E-state index contributed by atoms with van der Waals surface area (Å²) in [5.41, 5.74) is 3.52. The van der Waals surface area contributed by atoms with E-state index in [9.17, 15) is 64.9 Å². The number of nitrogens with zero attached hydrogens (tertiary/aromatic N) is 10. The molecule has 4 aliphatic rings. The lowest BCUT2D eigenvalue weighted by atomic mass is 9.85. The summed E-state index contributed by atoms with van der Waals surface area (Å²) >= 11 is 0. The third-order valence-electron chi connectivity index (χ3n) is 17.0. The molecule has 4 fully saturated rings. The van der Waals surface area contributed by atoms with Crippen molar-refractivity contribution >= 4 is 43.2 Å². The van der Waals surface area contributed by atoms with Crippen molar-refractivity contribution in [1.82, 2.24) is 18.6 Å². The van der Waals surface area contributed by atoms with Crippen LogP contribution in [0.1, 0.15) is 141 Å². The van der Waals surface area contributed by atoms with Gasteiger partial charge in [-0.15, -0.1) is 0 Å². The first-order valence-corrected chi connectivity index (χ1v) is 32.5. The number of anilines is 2. The summed E-state index contributed by atoms with van der Waals surface area (Å²) in [5, 5.41) is 47.7. The zero-order valence-electron chi connectivity index (χ0n) is 49.1. The highest BCUT2D eigenvalue weighted by Crippen LogP contribution is 2.38. The number of carbonyl (C=O) groups excluding carboxylic acids is 2. The second-order valence-corrected chi connectivity index (χ2v) is 26.4. The molecule has 2 aromatic heterocycles. The van der Waals surface area contributed by atoms with E-state index in [1.54, 1.807) is 18.3 Å². The Morgan fingerprint density at radius 1 is 0.549 bits per heavy atom. The van der Waals surface area contributed by atoms with E-state index in [1.807, 2.05) is 66.9 Å². The Balaban J connectivity index is 0.000000218. The standard InChI is InChI=1S/C37H33F2N5O4S.C30H27F2N5O4S.H2/c38-33-19-32(17-29(21-41)36(33)39)49(46,47)44-16-15-34(44)37(45)43(23-30-13-11-28(22-42-30)26-9-5-2-6-10-26)31-14-12-27(20-40)35(18-31)48-24-25-7-3-1-4-8-25;31-26-14-25(12-22(16-34)29(26)32)42(40,41)37-11-10-27(37)30(39)36(24-9-7-20(15-33)28(38)13-24)18-23-8-6-21(17-35-23)19-4-2-1-3-5-19;/h1,3-4,7-8,11-14,17-19,22,26,34H,2,5-6,9-10,15-16,23-24H2;6-9,12-14,17,19,27,38H,1-5,10-11,18H2;1H/t34-;27-;/m11./s1. The van der Waals surface area contributed by atoms with Crippen LogP contribution in [0.25, 0.3) is 0 Å². The van der Waals surface area contributed by atoms with Gasteiger partial charge in [-0.1, -0.05) is 81.0 Å². The Kier molecular flexibility index (Phi) is 19.9. The Bertz CT molecular complexity index is 4310. The number of benzene rings is 5. The van der Waals surface area contributed by atoms with E-state index in [-0.39, 0.29) is 75.4 Å². The maximum atomic E-state index is 14.3. The highest BCUT2D eigenvalue weighted by Gasteiger charge is 2.47. The van der Waals surface area contributed by atoms with E-state index in [4.69, 9.17) is 10.00 Å². The van der Waals surface area contributed by atoms with Crippen LogP contribution < -0.4 is 14.5 Å². The number of amides is 2. The fraction of sp³-hybridized carbons (Fsp3) is 0.313. The van der Waals surface area contributed by atoms with Crippen molar-refractivity contribution in [2.24, 2.45) is 0 Å². The number of aromatic nitrogens is 2. The molecule has 4 heterocycles. The van der Waals surface area contributed by atoms with E-state index >= 15 is 0 Å². The summed E-state index contributed by atoms with van der Waals surface area (Å²) in [6.07, 6.45) is 15.5. The lowest BCUT2D eigenvalue weighted by Crippen LogP contribution is -2.59. The van der Waals surface area contributed by atoms with Gasteiger partial charge in [-0.05, 0) is 128 Å². The molecule has 91 heavy (non-hydrogen) atoms. The molecule has 11 rings (SSSR count). The maximum absolute atomic E-state index is 14.3. The molecular formula is C67H62F4N10O8S2. The van der Waals surface area contributed by atoms with Crippen molar-refractivity contribution in [3.05, 3.63) is 201 Å². The number of rotatable bonds is 17. The Morgan fingerprint density at radius 3 is 1.38 bits per heavy atom. The molecule has 7 aromatic rings. The molecule has 5 aromatic carbocycles. The number of hydrogen-bond donors (Lipinski definition) is 1. The average molecular weight is 1280 g/mol. The SMILES string of the molecule is N#Cc1ccc(N(Cc2ccc(C3CCCCC3)cn2)C(=O)[C@H]2CCN2S(=O)(=O)c2cc(F)c(F)c(C#N)c2)cc1O.N#Cc1ccc(N(Cc2ccc(C3CCCCC3)cn2)C(=O)[C@H]2CCN2S(=O)(=O)c2cc(F)c(F)c(C#N)c2)cc1OCc1ccccc1.[HH]. The predicted octanol–water partition coefficient (Wildman–Crippen LogP) is 11.8. The van der Waals surface area contributed by atoms with Crippen LogP contribution in [0.15, 0.2) is 137 Å². The van der Waals surface area contributed by atoms with Crippen LogP contribution in [0, 0.1) is 68.6 Å². The van der Waals surface area contributed by atoms with Crippen LogP contribution >= 0.6 is 0 Å². The molecule has 0 radical (unpaired) electrons. The van der Waals surface area contributed by atoms with Gasteiger partial charge >= 0.3 is 0 Å². The van der Waals surface area contributed by atoms with Gasteiger partial charge in [0.05, 0.1) is 56.5 Å². The number of halogens is 4. The van der Waals surface area contributed by atoms with E-state index in [2.05, 4.69) is 16.0 Å². The number of aromatic hydroxyl groups is 1. The van der Waals surface area contributed by atoms with Gasteiger partial charge in [0.15, 0.2) is 23.3 Å². The molecule has 0 bridgehead atoms. The molecule has 0 spiro atoms. The largest absolute Gasteiger partial charge is 0.506 e. The van der Waals surface area contributed by atoms with Crippen molar-refractivity contribution in [3.8, 4) is 35.8 Å². The van der Waals surface area contributed by atoms with E-state index in [1.165, 1.54) is 84.7 Å². The summed E-state index contributed by atoms with van der Waals surface area (Å²) < 4.78 is 118. The summed E-state index contributed by atoms with van der Waals surface area (Å²) in [6, 6.07) is 32.8. The number of phenols is 1. The molecule has 0 unspecified atom stereocenters. The van der Waals surface area contributed by atoms with Crippen LogP contribution in [-0.2, 0) is 49.3 Å². The normalized spacial score (nSPS) is 17.1. The molecule has 2 aliphatic carbocycles. The fourth-order valence-electron chi connectivity index (χ4n) is 11.8. The zero-order valence-corrected chi connectivity index (χ0v) is 50.7. The molecule has 2 saturated heterocycles. The van der Waals surface area contributed by atoms with Crippen molar-refractivity contribution in [2.75, 3.05) is 22.9 Å². The Morgan fingerprint density at radius 2 is 0.989 bits per heavy atom. The molecule has 18 nitrogen and oxygen atoms in total. The number of pyridine rings is 2. The molecule has 468 valence electrons. The molecule has 2 aliphatic heterocycles. The monoisotopic (exact) mass is 1270 g/mol. The number of carbonyl (C=O) groups is 2. The highest BCUT2D eigenvalue weighted by atomic mass is 32.2. The Hall–Kier alpha value is -9.56. The van der Waals surface area contributed by atoms with E-state index in [0.29, 0.717) is 41.0 Å². The lowest BCUT2D eigenvalue weighted by Gasteiger charge is -2.41. The van der Waals surface area contributed by atoms with Gasteiger partial charge in [0.2, 0.25) is 31.9 Å². The van der Waals surface area contributed by atoms with Crippen LogP contribution in [0.3, 0.4) is 0 Å². The van der Waals surface area contributed by atoms with Crippen molar-refractivity contribution in [2.45, 2.75) is 130 Å². The second kappa shape index (κ2) is 28.1. The average Bonchev–Trinajstić information content (AvgIpc) is 0.759. The minimum absolute atomic E-state index is 0. The first-order chi connectivity index (χ1) is 43.8. The van der Waals surface area contributed by atoms with Gasteiger partial charge in [0.25, 0.3) is 0 Å². The van der Waals surface area contributed by atoms with Gasteiger partial charge < -0.3 is 19.6 Å². The van der Waals surface area contributed by atoms with Crippen LogP contribution in [0.2, 0.25) is 0 Å². The van der Waals surface area contributed by atoms with Crippen LogP contribution in [0.4, 0.5) is 28.9 Å². The number of nitriles is 4. The van der Waals surface area contributed by atoms with Gasteiger partial charge in [-0.25, -0.2) is 34.4 Å². The maximum Gasteiger partial charge on any atom is 0.245 e. The highest BCUT2D eigenvalue weighted by molar-refractivity contribution is 7.89. The number of phenolic OH excluding ortho intramolecular Hbond substituents is 1. The molecule has 1 N–H and O–H groups in total. The first kappa shape index (κ1) is 64.4. The number of sulfonamides is 2. The predicted molar refractivity (Wildman–Crippen MR) is 326 cm³/mol. The quantitative estimate of drug-likeness (QED) is 0.0831. The van der Waals surface area contributed by atoms with Crippen LogP contribution in [-0.4, -0.2) is 77.5 Å². The van der Waals surface area contributed by atoms with Gasteiger partial charge in [0.1, 0.15) is 54.5 Å². The van der Waals surface area contributed by atoms with E-state index in [0.717, 1.165) is 63.1 Å². The minimum Gasteiger partial charge on any atom is -0.506 e. The third-order valence-corrected chi connectivity index (χ3v) is 20.8. The number of ether oxygens (including phenoxy) is 1. The topological polar surface area (TPSA) is 266 Å². The van der Waals surface area contributed by atoms with Crippen molar-refractivity contribution < 1.29 is 55.3 Å². The zero-order chi connectivity index (χ0) is 64.6. The summed E-state index contributed by atoms with van der Waals surface area (Å²) in [4.78, 5) is 38.9. The van der Waals surface area contributed by atoms with Gasteiger partial charge in [0, 0.05) is 50.4 Å². The lowest BCUT2D eigenvalue weighted by molar-refractivity contribution is -0.125. The van der Waals surface area contributed by atoms with Crippen molar-refractivity contribution in [1.29, 1.82) is 21.0 Å². The van der Waals surface area contributed by atoms with Crippen LogP contribution in [0.5, 0.6) is 11.5 Å². The Labute approximate surface area is 526 Å². The van der Waals surface area contributed by atoms with Crippen molar-refractivity contribution in [3.63, 3.8) is 0 Å². The second-order valence-electron chi connectivity index (χ2n) is 22.7. The number of hydrogen-bond acceptors (Lipinski definition) is 14. The summed E-state index contributed by atoms with van der Waals surface area (Å²) in [5.74, 6) is -6.33. The fourth-order valence-corrected chi connectivity index (χ4v) is 15.1. The smallest absolute Gasteiger partial charge is 0.245 e. The molecular weight excluding hydrogens is 1210 g/mol. The molecule has 2 saturated carbocycles. The summed E-state index contributed by atoms with van der Waals surface area (Å²) in [7, 11) is -8.96. The summed E-state index contributed by atoms with van der Waals surface area (Å²) in [6.45, 7) is 0.0108. The van der Waals surface area contributed by atoms with Gasteiger partial charge in [-0.3, -0.25) is 19.6 Å². The molecule has 2 amide bonds. The molecule has 24 heteroatoms. The first-order valence-electron chi connectivity index (χ1n) is 29.6.